The fourth-order valence-corrected chi connectivity index (χ4v) is 4.16. The minimum Gasteiger partial charge on any atom is -0.494 e. The molecule has 1 heterocycles. The van der Waals surface area contributed by atoms with E-state index in [1.165, 1.54) is 26.3 Å². The van der Waals surface area contributed by atoms with Gasteiger partial charge in [0.05, 0.1) is 26.2 Å². The van der Waals surface area contributed by atoms with Crippen LogP contribution >= 0.6 is 0 Å². The zero-order chi connectivity index (χ0) is 32.9. The number of methoxy groups -OCH3 is 1. The van der Waals surface area contributed by atoms with E-state index in [1.54, 1.807) is 20.8 Å². The van der Waals surface area contributed by atoms with Gasteiger partial charge < -0.3 is 33.7 Å². The number of amides is 1. The van der Waals surface area contributed by atoms with E-state index in [9.17, 15) is 14.4 Å². The lowest BCUT2D eigenvalue weighted by atomic mass is 9.96. The number of allylic oxidation sites excluding steroid dienone is 1. The number of aromatic nitrogens is 1. The molecule has 0 bridgehead atoms. The number of esters is 2. The molecule has 1 N–H and O–H groups in total. The second-order valence-corrected chi connectivity index (χ2v) is 10.0. The molecule has 0 saturated carbocycles. The first-order valence-corrected chi connectivity index (χ1v) is 14.6. The molecule has 0 aliphatic heterocycles. The highest BCUT2D eigenvalue weighted by Gasteiger charge is 2.25. The average Bonchev–Trinajstić information content (AvgIpc) is 3.02. The van der Waals surface area contributed by atoms with Gasteiger partial charge in [-0.3, -0.25) is 9.59 Å². The van der Waals surface area contributed by atoms with Crippen LogP contribution in [-0.2, 0) is 19.1 Å². The van der Waals surface area contributed by atoms with E-state index in [2.05, 4.69) is 10.3 Å². The summed E-state index contributed by atoms with van der Waals surface area (Å²) in [5.74, 6) is -0.352. The van der Waals surface area contributed by atoms with Crippen LogP contribution in [0.3, 0.4) is 0 Å². The van der Waals surface area contributed by atoms with Crippen molar-refractivity contribution >= 4 is 23.4 Å². The molecular weight excluding hydrogens is 580 g/mol. The second-order valence-electron chi connectivity index (χ2n) is 10.0. The van der Waals surface area contributed by atoms with Gasteiger partial charge >= 0.3 is 11.9 Å². The monoisotopic (exact) mass is 620 g/mol. The third-order valence-corrected chi connectivity index (χ3v) is 6.39. The molecule has 1 amide bonds. The first-order valence-electron chi connectivity index (χ1n) is 14.6. The first-order chi connectivity index (χ1) is 21.6. The molecule has 3 rings (SSSR count). The number of pyridine rings is 1. The van der Waals surface area contributed by atoms with Crippen LogP contribution in [0, 0.1) is 5.92 Å². The second kappa shape index (κ2) is 16.7. The molecule has 0 aliphatic rings. The molecule has 0 fully saturated rings. The number of carbonyl (C=O) groups is 3. The topological polar surface area (TPSA) is 132 Å². The lowest BCUT2D eigenvalue weighted by Crippen LogP contribution is -2.40. The predicted molar refractivity (Wildman–Crippen MR) is 167 cm³/mol. The zero-order valence-electron chi connectivity index (χ0n) is 26.7. The Morgan fingerprint density at radius 1 is 0.800 bits per heavy atom. The summed E-state index contributed by atoms with van der Waals surface area (Å²) in [6.07, 6.45) is 1.36. The Balaban J connectivity index is 1.83. The SMILES string of the molecule is CCOc1ccc(C(=C(C)OC(=O)[C@H](C)NC(=O)c2nccc(OC)c2OCOC(=O)C(C)C)c2ccc(OCC)cc2)cc1. The van der Waals surface area contributed by atoms with Gasteiger partial charge in [-0.1, -0.05) is 38.1 Å². The first kappa shape index (κ1) is 34.4. The molecule has 0 saturated heterocycles. The largest absolute Gasteiger partial charge is 0.494 e. The highest BCUT2D eigenvalue weighted by atomic mass is 16.7. The number of nitrogens with one attached hydrogen (secondary N) is 1. The normalized spacial score (nSPS) is 11.2. The van der Waals surface area contributed by atoms with E-state index in [0.29, 0.717) is 36.0 Å². The summed E-state index contributed by atoms with van der Waals surface area (Å²) in [5.41, 5.74) is 2.11. The van der Waals surface area contributed by atoms with Crippen molar-refractivity contribution in [1.29, 1.82) is 0 Å². The Kier molecular flexibility index (Phi) is 12.8. The standard InChI is InChI=1S/C34H40N2O9/c1-8-41-26-14-10-24(11-15-26)29(25-12-16-27(17-13-25)42-9-2)23(6)45-34(39)22(5)36-32(37)30-31(28(40-7)18-19-35-30)43-20-44-33(38)21(3)4/h10-19,21-22H,8-9,20H2,1-7H3,(H,36,37)/t22-/m0/s1. The van der Waals surface area contributed by atoms with Crippen LogP contribution < -0.4 is 24.3 Å². The van der Waals surface area contributed by atoms with Gasteiger partial charge in [0.2, 0.25) is 6.79 Å². The molecule has 240 valence electrons. The maximum atomic E-state index is 13.2. The maximum Gasteiger partial charge on any atom is 0.333 e. The van der Waals surface area contributed by atoms with Crippen molar-refractivity contribution in [3.8, 4) is 23.0 Å². The Hall–Kier alpha value is -5.06. The summed E-state index contributed by atoms with van der Waals surface area (Å²) in [4.78, 5) is 42.4. The number of rotatable bonds is 15. The molecule has 0 aliphatic carbocycles. The molecule has 0 radical (unpaired) electrons. The summed E-state index contributed by atoms with van der Waals surface area (Å²) >= 11 is 0. The van der Waals surface area contributed by atoms with Gasteiger partial charge in [-0.15, -0.1) is 0 Å². The van der Waals surface area contributed by atoms with Gasteiger partial charge in [-0.25, -0.2) is 9.78 Å². The van der Waals surface area contributed by atoms with Crippen molar-refractivity contribution < 1.29 is 42.8 Å². The van der Waals surface area contributed by atoms with Gasteiger partial charge in [0.1, 0.15) is 23.3 Å². The number of carbonyl (C=O) groups excluding carboxylic acids is 3. The molecular formula is C34H40N2O9. The molecule has 11 nitrogen and oxygen atoms in total. The van der Waals surface area contributed by atoms with Crippen molar-refractivity contribution in [3.63, 3.8) is 0 Å². The van der Waals surface area contributed by atoms with Crippen LogP contribution in [-0.4, -0.2) is 56.0 Å². The summed E-state index contributed by atoms with van der Waals surface area (Å²) in [7, 11) is 1.39. The lowest BCUT2D eigenvalue weighted by molar-refractivity contribution is -0.154. The van der Waals surface area contributed by atoms with Crippen molar-refractivity contribution in [2.45, 2.75) is 47.6 Å². The predicted octanol–water partition coefficient (Wildman–Crippen LogP) is 5.56. The number of hydrogen-bond acceptors (Lipinski definition) is 10. The third kappa shape index (κ3) is 9.46. The van der Waals surface area contributed by atoms with Crippen molar-refractivity contribution in [3.05, 3.63) is 83.4 Å². The van der Waals surface area contributed by atoms with E-state index in [-0.39, 0.29) is 23.1 Å². The Morgan fingerprint density at radius 2 is 1.36 bits per heavy atom. The van der Waals surface area contributed by atoms with Crippen molar-refractivity contribution in [2.75, 3.05) is 27.1 Å². The third-order valence-electron chi connectivity index (χ3n) is 6.39. The van der Waals surface area contributed by atoms with Gasteiger partial charge in [-0.05, 0) is 63.1 Å². The summed E-state index contributed by atoms with van der Waals surface area (Å²) < 4.78 is 32.9. The number of nitrogens with zero attached hydrogens (tertiary/aromatic N) is 1. The fourth-order valence-electron chi connectivity index (χ4n) is 4.16. The van der Waals surface area contributed by atoms with Gasteiger partial charge in [-0.2, -0.15) is 0 Å². The van der Waals surface area contributed by atoms with E-state index in [0.717, 1.165) is 11.1 Å². The Morgan fingerprint density at radius 3 is 1.84 bits per heavy atom. The summed E-state index contributed by atoms with van der Waals surface area (Å²) in [6, 6.07) is 15.3. The van der Waals surface area contributed by atoms with E-state index in [1.807, 2.05) is 62.4 Å². The molecule has 3 aromatic rings. The Labute approximate surface area is 263 Å². The van der Waals surface area contributed by atoms with Crippen LogP contribution in [0.2, 0.25) is 0 Å². The van der Waals surface area contributed by atoms with Crippen LogP contribution in [0.5, 0.6) is 23.0 Å². The summed E-state index contributed by atoms with van der Waals surface area (Å²) in [5, 5.41) is 2.60. The molecule has 11 heteroatoms. The highest BCUT2D eigenvalue weighted by molar-refractivity contribution is 5.98. The minimum absolute atomic E-state index is 0.0426. The van der Waals surface area contributed by atoms with Crippen LogP contribution in [0.4, 0.5) is 0 Å². The fraction of sp³-hybridized carbons (Fsp3) is 0.353. The summed E-state index contributed by atoms with van der Waals surface area (Å²) in [6.45, 7) is 11.0. The number of benzene rings is 2. The molecule has 1 atom stereocenters. The van der Waals surface area contributed by atoms with Gasteiger partial charge in [0.25, 0.3) is 5.91 Å². The van der Waals surface area contributed by atoms with E-state index in [4.69, 9.17) is 28.4 Å². The number of hydrogen-bond donors (Lipinski definition) is 1. The molecule has 1 aromatic heterocycles. The minimum atomic E-state index is -1.08. The number of ether oxygens (including phenoxy) is 6. The quantitative estimate of drug-likeness (QED) is 0.131. The van der Waals surface area contributed by atoms with E-state index < -0.39 is 30.7 Å². The molecule has 0 spiro atoms. The van der Waals surface area contributed by atoms with E-state index >= 15 is 0 Å². The molecule has 45 heavy (non-hydrogen) atoms. The van der Waals surface area contributed by atoms with Crippen molar-refractivity contribution in [1.82, 2.24) is 10.3 Å². The highest BCUT2D eigenvalue weighted by Crippen LogP contribution is 2.31. The molecule has 0 unspecified atom stereocenters. The van der Waals surface area contributed by atoms with Crippen molar-refractivity contribution in [2.24, 2.45) is 5.92 Å². The molecule has 2 aromatic carbocycles. The van der Waals surface area contributed by atoms with Gasteiger partial charge in [0.15, 0.2) is 17.2 Å². The maximum absolute atomic E-state index is 13.2. The average molecular weight is 621 g/mol. The lowest BCUT2D eigenvalue weighted by Gasteiger charge is -2.18. The Bertz CT molecular complexity index is 1430. The van der Waals surface area contributed by atoms with Crippen LogP contribution in [0.15, 0.2) is 66.6 Å². The van der Waals surface area contributed by atoms with Crippen LogP contribution in [0.1, 0.15) is 63.2 Å². The zero-order valence-corrected chi connectivity index (χ0v) is 26.7. The van der Waals surface area contributed by atoms with Gasteiger partial charge in [0, 0.05) is 17.8 Å². The smallest absolute Gasteiger partial charge is 0.333 e. The van der Waals surface area contributed by atoms with Crippen LogP contribution in [0.25, 0.3) is 5.57 Å².